The van der Waals surface area contributed by atoms with Gasteiger partial charge in [0.05, 0.1) is 19.9 Å². The van der Waals surface area contributed by atoms with Gasteiger partial charge in [-0.2, -0.15) is 0 Å². The molecule has 0 aromatic heterocycles. The fraction of sp³-hybridized carbons (Fsp3) is 0.375. The summed E-state index contributed by atoms with van der Waals surface area (Å²) in [5.74, 6) is 1.05. The van der Waals surface area contributed by atoms with Gasteiger partial charge in [-0.25, -0.2) is 0 Å². The summed E-state index contributed by atoms with van der Waals surface area (Å²) in [6.45, 7) is 4.47. The van der Waals surface area contributed by atoms with Gasteiger partial charge >= 0.3 is 0 Å². The highest BCUT2D eigenvalue weighted by molar-refractivity contribution is 6.12. The normalized spacial score (nSPS) is 15.1. The van der Waals surface area contributed by atoms with Crippen molar-refractivity contribution in [3.8, 4) is 22.6 Å². The third-order valence-electron chi connectivity index (χ3n) is 7.71. The molecule has 1 aliphatic heterocycles. The van der Waals surface area contributed by atoms with E-state index in [9.17, 15) is 9.59 Å². The first-order chi connectivity index (χ1) is 19.1. The Balaban J connectivity index is 1.27. The number of para-hydroxylation sites is 1. The van der Waals surface area contributed by atoms with Gasteiger partial charge in [-0.15, -0.1) is 0 Å². The third kappa shape index (κ3) is 5.93. The molecule has 1 saturated heterocycles. The van der Waals surface area contributed by atoms with Crippen LogP contribution in [0.4, 0.5) is 11.4 Å². The van der Waals surface area contributed by atoms with E-state index >= 15 is 0 Å². The van der Waals surface area contributed by atoms with Crippen molar-refractivity contribution in [1.82, 2.24) is 4.90 Å². The van der Waals surface area contributed by atoms with Gasteiger partial charge in [0.2, 0.25) is 0 Å². The number of ether oxygens (including phenoxy) is 2. The molecule has 39 heavy (non-hydrogen) atoms. The van der Waals surface area contributed by atoms with E-state index in [0.29, 0.717) is 41.2 Å². The Bertz CT molecular complexity index is 1330. The summed E-state index contributed by atoms with van der Waals surface area (Å²) in [7, 11) is 3.21. The van der Waals surface area contributed by atoms with E-state index < -0.39 is 0 Å². The van der Waals surface area contributed by atoms with E-state index in [-0.39, 0.29) is 11.7 Å². The molecule has 1 heterocycles. The summed E-state index contributed by atoms with van der Waals surface area (Å²) >= 11 is 0. The van der Waals surface area contributed by atoms with Gasteiger partial charge < -0.3 is 25.0 Å². The van der Waals surface area contributed by atoms with Gasteiger partial charge in [-0.1, -0.05) is 24.6 Å². The van der Waals surface area contributed by atoms with Crippen LogP contribution >= 0.6 is 0 Å². The molecule has 7 heteroatoms. The van der Waals surface area contributed by atoms with Crippen molar-refractivity contribution < 1.29 is 19.1 Å². The number of benzene rings is 3. The number of carbonyl (C=O) groups excluding carboxylic acids is 2. The van der Waals surface area contributed by atoms with Gasteiger partial charge in [0.1, 0.15) is 0 Å². The van der Waals surface area contributed by atoms with Crippen molar-refractivity contribution in [2.75, 3.05) is 51.0 Å². The van der Waals surface area contributed by atoms with Crippen LogP contribution < -0.4 is 20.1 Å². The molecule has 5 rings (SSSR count). The van der Waals surface area contributed by atoms with Crippen molar-refractivity contribution in [2.24, 2.45) is 0 Å². The minimum absolute atomic E-state index is 0.0353. The zero-order chi connectivity index (χ0) is 27.2. The van der Waals surface area contributed by atoms with Crippen molar-refractivity contribution in [3.05, 3.63) is 71.3 Å². The molecule has 0 saturated carbocycles. The van der Waals surface area contributed by atoms with Crippen LogP contribution in [0.3, 0.4) is 0 Å². The first-order valence-corrected chi connectivity index (χ1v) is 13.9. The molecule has 0 unspecified atom stereocenters. The largest absolute Gasteiger partial charge is 0.493 e. The fourth-order valence-electron chi connectivity index (χ4n) is 5.70. The number of Topliss-reactive ketones (excluding diaryl/α,β-unsaturated/α-hetero) is 1. The van der Waals surface area contributed by atoms with E-state index in [2.05, 4.69) is 15.5 Å². The summed E-state index contributed by atoms with van der Waals surface area (Å²) in [5.41, 5.74) is 5.37. The number of amides is 1. The molecule has 1 aliphatic carbocycles. The highest BCUT2D eigenvalue weighted by Crippen LogP contribution is 2.43. The number of fused-ring (bicyclic) bond motifs is 1. The van der Waals surface area contributed by atoms with Crippen LogP contribution in [-0.2, 0) is 6.42 Å². The highest BCUT2D eigenvalue weighted by atomic mass is 16.5. The number of ketones is 1. The number of nitrogens with one attached hydrogen (secondary N) is 2. The summed E-state index contributed by atoms with van der Waals surface area (Å²) in [4.78, 5) is 28.6. The number of piperidine rings is 1. The number of hydrogen-bond acceptors (Lipinski definition) is 6. The average molecular weight is 528 g/mol. The maximum Gasteiger partial charge on any atom is 0.255 e. The lowest BCUT2D eigenvalue weighted by Gasteiger charge is -2.26. The molecule has 3 aromatic rings. The fourth-order valence-corrected chi connectivity index (χ4v) is 5.70. The molecular formula is C32H37N3O4. The number of hydrogen-bond donors (Lipinski definition) is 2. The van der Waals surface area contributed by atoms with Gasteiger partial charge in [-0.3, -0.25) is 9.59 Å². The van der Waals surface area contributed by atoms with E-state index in [1.807, 2.05) is 54.6 Å². The second-order valence-electron chi connectivity index (χ2n) is 10.2. The molecule has 7 nitrogen and oxygen atoms in total. The number of nitrogens with zero attached hydrogens (tertiary/aromatic N) is 1. The van der Waals surface area contributed by atoms with E-state index in [1.54, 1.807) is 14.2 Å². The summed E-state index contributed by atoms with van der Waals surface area (Å²) in [5, 5.41) is 6.44. The van der Waals surface area contributed by atoms with Gasteiger partial charge in [0, 0.05) is 35.3 Å². The van der Waals surface area contributed by atoms with Crippen molar-refractivity contribution >= 4 is 23.1 Å². The second-order valence-corrected chi connectivity index (χ2v) is 10.2. The molecule has 0 radical (unpaired) electrons. The molecule has 3 aromatic carbocycles. The lowest BCUT2D eigenvalue weighted by molar-refractivity contribution is 0.0995. The zero-order valence-electron chi connectivity index (χ0n) is 22.8. The lowest BCUT2D eigenvalue weighted by Crippen LogP contribution is -2.31. The van der Waals surface area contributed by atoms with Crippen molar-refractivity contribution in [3.63, 3.8) is 0 Å². The third-order valence-corrected chi connectivity index (χ3v) is 7.71. The Labute approximate surface area is 230 Å². The smallest absolute Gasteiger partial charge is 0.255 e. The number of carbonyl (C=O) groups is 2. The SMILES string of the molecule is COc1cccc(-c2ccc(NC(=O)c3ccc(NCCCN4CCCCC4)cc3)c3c2CCC3=O)c1OC. The van der Waals surface area contributed by atoms with E-state index in [0.717, 1.165) is 41.9 Å². The van der Waals surface area contributed by atoms with E-state index in [1.165, 1.54) is 32.4 Å². The Morgan fingerprint density at radius 3 is 2.44 bits per heavy atom. The number of anilines is 2. The molecule has 204 valence electrons. The van der Waals surface area contributed by atoms with Gasteiger partial charge in [-0.05, 0) is 92.8 Å². The molecular weight excluding hydrogens is 490 g/mol. The maximum absolute atomic E-state index is 13.1. The predicted molar refractivity (Wildman–Crippen MR) is 155 cm³/mol. The minimum Gasteiger partial charge on any atom is -0.493 e. The molecule has 1 fully saturated rings. The molecule has 2 aliphatic rings. The van der Waals surface area contributed by atoms with Gasteiger partial charge in [0.25, 0.3) is 5.91 Å². The predicted octanol–water partition coefficient (Wildman–Crippen LogP) is 6.04. The average Bonchev–Trinajstić information content (AvgIpc) is 3.37. The lowest BCUT2D eigenvalue weighted by atomic mass is 9.94. The Morgan fingerprint density at radius 2 is 1.69 bits per heavy atom. The quantitative estimate of drug-likeness (QED) is 0.313. The number of methoxy groups -OCH3 is 2. The molecule has 0 atom stereocenters. The van der Waals surface area contributed by atoms with Gasteiger partial charge in [0.15, 0.2) is 17.3 Å². The van der Waals surface area contributed by atoms with Crippen LogP contribution in [0.2, 0.25) is 0 Å². The Kier molecular flexibility index (Phi) is 8.47. The highest BCUT2D eigenvalue weighted by Gasteiger charge is 2.28. The summed E-state index contributed by atoms with van der Waals surface area (Å²) < 4.78 is 11.1. The van der Waals surface area contributed by atoms with Crippen LogP contribution in [0.1, 0.15) is 58.4 Å². The van der Waals surface area contributed by atoms with Crippen molar-refractivity contribution in [2.45, 2.75) is 38.5 Å². The maximum atomic E-state index is 13.1. The van der Waals surface area contributed by atoms with Crippen LogP contribution in [0, 0.1) is 0 Å². The molecule has 1 amide bonds. The first-order valence-electron chi connectivity index (χ1n) is 13.9. The van der Waals surface area contributed by atoms with Crippen LogP contribution in [0.5, 0.6) is 11.5 Å². The molecule has 0 spiro atoms. The minimum atomic E-state index is -0.236. The summed E-state index contributed by atoms with van der Waals surface area (Å²) in [6, 6.07) is 17.0. The first kappa shape index (κ1) is 26.8. The number of likely N-dealkylation sites (tertiary alicyclic amines) is 1. The molecule has 2 N–H and O–H groups in total. The molecule has 0 bridgehead atoms. The summed E-state index contributed by atoms with van der Waals surface area (Å²) in [6.07, 6.45) is 6.12. The monoisotopic (exact) mass is 527 g/mol. The second kappa shape index (κ2) is 12.3. The Morgan fingerprint density at radius 1 is 0.897 bits per heavy atom. The zero-order valence-corrected chi connectivity index (χ0v) is 22.8. The topological polar surface area (TPSA) is 79.9 Å². The van der Waals surface area contributed by atoms with Crippen LogP contribution in [0.25, 0.3) is 11.1 Å². The standard InChI is InChI=1S/C32H37N3O4/c1-38-29-9-6-8-26(31(29)39-2)24-14-16-27(30-25(24)15-17-28(30)36)34-32(37)22-10-12-23(13-11-22)33-18-7-21-35-19-4-3-5-20-35/h6,8-14,16,33H,3-5,7,15,17-21H2,1-2H3,(H,34,37). The van der Waals surface area contributed by atoms with Crippen molar-refractivity contribution in [1.29, 1.82) is 0 Å². The Hall–Kier alpha value is -3.84. The number of rotatable bonds is 10. The van der Waals surface area contributed by atoms with E-state index in [4.69, 9.17) is 9.47 Å². The van der Waals surface area contributed by atoms with Crippen LogP contribution in [-0.4, -0.2) is 57.0 Å². The van der Waals surface area contributed by atoms with Crippen LogP contribution in [0.15, 0.2) is 54.6 Å².